The van der Waals surface area contributed by atoms with Gasteiger partial charge in [-0.1, -0.05) is 11.8 Å². The number of rotatable bonds is 11. The van der Waals surface area contributed by atoms with Crippen molar-refractivity contribution in [3.63, 3.8) is 0 Å². The summed E-state index contributed by atoms with van der Waals surface area (Å²) in [7, 11) is -3.46. The Labute approximate surface area is 251 Å². The van der Waals surface area contributed by atoms with Crippen molar-refractivity contribution >= 4 is 33.4 Å². The number of ether oxygens (including phenoxy) is 1. The van der Waals surface area contributed by atoms with Crippen molar-refractivity contribution in [1.29, 1.82) is 0 Å². The summed E-state index contributed by atoms with van der Waals surface area (Å²) in [6.45, 7) is 7.17. The quantitative estimate of drug-likeness (QED) is 0.219. The number of nitrogens with zero attached hydrogens (tertiary/aromatic N) is 6. The lowest BCUT2D eigenvalue weighted by molar-refractivity contribution is 0.0532. The van der Waals surface area contributed by atoms with E-state index in [1.54, 1.807) is 23.4 Å². The SMILES string of the molecule is CC(C)Nc1cc(Nc2ccnc(-c3cnn(S(=O)(=O)C4CC4)c3)n2)ncc1C#CCCCCNC(=O)N1CCOCC1. The first-order valence-electron chi connectivity index (χ1n) is 14.5. The van der Waals surface area contributed by atoms with Gasteiger partial charge in [-0.3, -0.25) is 0 Å². The van der Waals surface area contributed by atoms with Crippen molar-refractivity contribution in [2.45, 2.75) is 57.2 Å². The lowest BCUT2D eigenvalue weighted by Crippen LogP contribution is -2.46. The van der Waals surface area contributed by atoms with Crippen molar-refractivity contribution in [2.24, 2.45) is 0 Å². The fraction of sp³-hybridized carbons (Fsp3) is 0.483. The highest BCUT2D eigenvalue weighted by Gasteiger charge is 2.37. The lowest BCUT2D eigenvalue weighted by Gasteiger charge is -2.26. The maximum Gasteiger partial charge on any atom is 0.317 e. The molecule has 2 amide bonds. The first-order chi connectivity index (χ1) is 20.8. The smallest absolute Gasteiger partial charge is 0.317 e. The molecule has 0 unspecified atom stereocenters. The molecule has 4 heterocycles. The van der Waals surface area contributed by atoms with Crippen LogP contribution in [0.4, 0.5) is 22.1 Å². The second-order valence-corrected chi connectivity index (χ2v) is 12.8. The molecule has 13 nitrogen and oxygen atoms in total. The van der Waals surface area contributed by atoms with E-state index in [4.69, 9.17) is 4.74 Å². The Balaban J connectivity index is 1.17. The monoisotopic (exact) mass is 607 g/mol. The highest BCUT2D eigenvalue weighted by molar-refractivity contribution is 7.90. The molecule has 0 radical (unpaired) electrons. The average molecular weight is 608 g/mol. The van der Waals surface area contributed by atoms with Crippen molar-refractivity contribution in [3.8, 4) is 23.2 Å². The summed E-state index contributed by atoms with van der Waals surface area (Å²) in [6, 6.07) is 3.74. The van der Waals surface area contributed by atoms with Gasteiger partial charge in [-0.05, 0) is 45.6 Å². The summed E-state index contributed by atoms with van der Waals surface area (Å²) in [5, 5.41) is 13.3. The van der Waals surface area contributed by atoms with Crippen molar-refractivity contribution in [2.75, 3.05) is 43.5 Å². The summed E-state index contributed by atoms with van der Waals surface area (Å²) < 4.78 is 31.3. The van der Waals surface area contributed by atoms with Crippen LogP contribution in [0, 0.1) is 11.8 Å². The van der Waals surface area contributed by atoms with Crippen LogP contribution in [0.2, 0.25) is 0 Å². The van der Waals surface area contributed by atoms with Crippen LogP contribution in [0.3, 0.4) is 0 Å². The minimum Gasteiger partial charge on any atom is -0.382 e. The minimum atomic E-state index is -3.46. The summed E-state index contributed by atoms with van der Waals surface area (Å²) in [5.41, 5.74) is 2.14. The highest BCUT2D eigenvalue weighted by atomic mass is 32.2. The lowest BCUT2D eigenvalue weighted by atomic mass is 10.2. The topological polar surface area (TPSA) is 156 Å². The highest BCUT2D eigenvalue weighted by Crippen LogP contribution is 2.30. The number of morpholine rings is 1. The maximum absolute atomic E-state index is 12.5. The largest absolute Gasteiger partial charge is 0.382 e. The molecule has 3 aromatic rings. The Morgan fingerprint density at radius 2 is 1.95 bits per heavy atom. The average Bonchev–Trinajstić information content (AvgIpc) is 3.75. The van der Waals surface area contributed by atoms with Gasteiger partial charge in [0, 0.05) is 50.6 Å². The van der Waals surface area contributed by atoms with Gasteiger partial charge in [-0.2, -0.15) is 9.19 Å². The van der Waals surface area contributed by atoms with E-state index in [9.17, 15) is 13.2 Å². The number of anilines is 3. The molecule has 228 valence electrons. The van der Waals surface area contributed by atoms with E-state index in [-0.39, 0.29) is 17.3 Å². The maximum atomic E-state index is 12.5. The number of hydrogen-bond acceptors (Lipinski definition) is 10. The molecule has 0 spiro atoms. The number of unbranched alkanes of at least 4 members (excludes halogenated alkanes) is 2. The third-order valence-electron chi connectivity index (χ3n) is 6.81. The molecule has 1 aliphatic heterocycles. The molecule has 43 heavy (non-hydrogen) atoms. The summed E-state index contributed by atoms with van der Waals surface area (Å²) >= 11 is 0. The summed E-state index contributed by atoms with van der Waals surface area (Å²) in [4.78, 5) is 27.3. The zero-order valence-electron chi connectivity index (χ0n) is 24.4. The number of urea groups is 1. The molecule has 14 heteroatoms. The molecule has 3 N–H and O–H groups in total. The van der Waals surface area contributed by atoms with Crippen molar-refractivity contribution in [1.82, 2.24) is 34.4 Å². The number of pyridine rings is 1. The van der Waals surface area contributed by atoms with E-state index in [0.717, 1.165) is 28.2 Å². The van der Waals surface area contributed by atoms with Gasteiger partial charge < -0.3 is 25.6 Å². The van der Waals surface area contributed by atoms with Crippen LogP contribution in [0.1, 0.15) is 51.5 Å². The molecule has 2 aliphatic rings. The fourth-order valence-corrected chi connectivity index (χ4v) is 5.88. The van der Waals surface area contributed by atoms with Crippen molar-refractivity contribution in [3.05, 3.63) is 42.5 Å². The number of amides is 2. The van der Waals surface area contributed by atoms with E-state index < -0.39 is 10.0 Å². The van der Waals surface area contributed by atoms with Gasteiger partial charge in [0.25, 0.3) is 10.0 Å². The molecular weight excluding hydrogens is 570 g/mol. The Morgan fingerprint density at radius 3 is 2.72 bits per heavy atom. The normalized spacial score (nSPS) is 15.1. The van der Waals surface area contributed by atoms with Gasteiger partial charge in [0.2, 0.25) is 0 Å². The van der Waals surface area contributed by atoms with E-state index in [1.165, 1.54) is 12.4 Å². The first-order valence-corrected chi connectivity index (χ1v) is 16.1. The predicted octanol–water partition coefficient (Wildman–Crippen LogP) is 3.20. The summed E-state index contributed by atoms with van der Waals surface area (Å²) in [6.07, 6.45) is 9.97. The molecule has 0 bridgehead atoms. The molecule has 1 saturated carbocycles. The second-order valence-electron chi connectivity index (χ2n) is 10.7. The molecule has 5 rings (SSSR count). The summed E-state index contributed by atoms with van der Waals surface area (Å²) in [5.74, 6) is 7.87. The Bertz CT molecular complexity index is 1590. The van der Waals surface area contributed by atoms with E-state index in [2.05, 4.69) is 61.7 Å². The van der Waals surface area contributed by atoms with E-state index in [1.807, 2.05) is 6.07 Å². The van der Waals surface area contributed by atoms with Crippen LogP contribution >= 0.6 is 0 Å². The van der Waals surface area contributed by atoms with Crippen LogP contribution in [0.25, 0.3) is 11.4 Å². The van der Waals surface area contributed by atoms with E-state index in [0.29, 0.717) is 75.1 Å². The van der Waals surface area contributed by atoms with Crippen LogP contribution in [-0.4, -0.2) is 87.6 Å². The molecule has 2 fully saturated rings. The molecule has 3 aromatic heterocycles. The standard InChI is InChI=1S/C29H37N9O4S/c1-21(2)34-25-17-27(32-18-22(25)7-5-3-4-6-11-31-29(39)37-13-15-42-16-14-37)35-26-10-12-30-28(36-26)23-19-33-38(20-23)43(40,41)24-8-9-24/h10,12,17-21,24H,3-4,6,8-9,11,13-16H2,1-2H3,(H,31,39)(H2,30,32,34,35,36). The van der Waals surface area contributed by atoms with Crippen molar-refractivity contribution < 1.29 is 17.9 Å². The Hall–Kier alpha value is -4.22. The molecule has 1 aliphatic carbocycles. The fourth-order valence-electron chi connectivity index (χ4n) is 4.40. The van der Waals surface area contributed by atoms with Gasteiger partial charge in [-0.25, -0.2) is 28.2 Å². The van der Waals surface area contributed by atoms with Crippen LogP contribution in [0.15, 0.2) is 36.9 Å². The zero-order valence-corrected chi connectivity index (χ0v) is 25.2. The molecular formula is C29H37N9O4S. The van der Waals surface area contributed by atoms with Crippen LogP contribution < -0.4 is 16.0 Å². The third kappa shape index (κ3) is 8.20. The van der Waals surface area contributed by atoms with Crippen LogP contribution in [-0.2, 0) is 14.8 Å². The molecule has 0 aromatic carbocycles. The van der Waals surface area contributed by atoms with E-state index >= 15 is 0 Å². The number of aromatic nitrogens is 5. The van der Waals surface area contributed by atoms with Gasteiger partial charge in [-0.15, -0.1) is 0 Å². The predicted molar refractivity (Wildman–Crippen MR) is 163 cm³/mol. The third-order valence-corrected chi connectivity index (χ3v) is 8.85. The molecule has 0 atom stereocenters. The second kappa shape index (κ2) is 13.8. The first kappa shape index (κ1) is 30.2. The zero-order chi connectivity index (χ0) is 30.2. The Morgan fingerprint density at radius 1 is 1.14 bits per heavy atom. The van der Waals surface area contributed by atoms with Gasteiger partial charge in [0.05, 0.1) is 47.7 Å². The minimum absolute atomic E-state index is 0.0350. The van der Waals surface area contributed by atoms with Gasteiger partial charge in [0.15, 0.2) is 5.82 Å². The van der Waals surface area contributed by atoms with Gasteiger partial charge >= 0.3 is 6.03 Å². The number of hydrogen-bond donors (Lipinski definition) is 3. The number of carbonyl (C=O) groups excluding carboxylic acids is 1. The Kier molecular flexibility index (Phi) is 9.73. The number of nitrogens with one attached hydrogen (secondary N) is 3. The number of carbonyl (C=O) groups is 1. The molecule has 1 saturated heterocycles. The van der Waals surface area contributed by atoms with Crippen LogP contribution in [0.5, 0.6) is 0 Å². The van der Waals surface area contributed by atoms with Gasteiger partial charge in [0.1, 0.15) is 11.6 Å².